The van der Waals surface area contributed by atoms with Gasteiger partial charge in [-0.25, -0.2) is 9.98 Å². The quantitative estimate of drug-likeness (QED) is 0.623. The minimum atomic E-state index is 0.387. The van der Waals surface area contributed by atoms with Crippen LogP contribution in [0.5, 0.6) is 0 Å². The molecule has 5 nitrogen and oxygen atoms in total. The Labute approximate surface area is 128 Å². The summed E-state index contributed by atoms with van der Waals surface area (Å²) in [7, 11) is 3.98. The molecule has 1 atom stereocenters. The van der Waals surface area contributed by atoms with Gasteiger partial charge in [-0.2, -0.15) is 0 Å². The molecule has 0 aliphatic heterocycles. The molecule has 1 rings (SSSR count). The molecule has 5 heteroatoms. The van der Waals surface area contributed by atoms with Crippen LogP contribution in [0.4, 0.5) is 5.82 Å². The summed E-state index contributed by atoms with van der Waals surface area (Å²) < 4.78 is 0. The van der Waals surface area contributed by atoms with Crippen LogP contribution in [0, 0.1) is 5.92 Å². The van der Waals surface area contributed by atoms with Crippen molar-refractivity contribution in [3.8, 4) is 0 Å². The highest BCUT2D eigenvalue weighted by molar-refractivity contribution is 5.80. The topological polar surface area (TPSA) is 52.6 Å². The lowest BCUT2D eigenvalue weighted by Gasteiger charge is -2.20. The molecule has 0 aliphatic carbocycles. The second-order valence-corrected chi connectivity index (χ2v) is 5.79. The fraction of sp³-hybridized carbons (Fsp3) is 0.625. The number of nitrogens with zero attached hydrogens (tertiary/aromatic N) is 3. The first-order chi connectivity index (χ1) is 9.93. The molecule has 0 saturated heterocycles. The van der Waals surface area contributed by atoms with Crippen molar-refractivity contribution in [2.45, 2.75) is 40.3 Å². The number of hydrogen-bond acceptors (Lipinski definition) is 3. The number of hydrogen-bond donors (Lipinski definition) is 2. The minimum absolute atomic E-state index is 0.387. The van der Waals surface area contributed by atoms with Crippen LogP contribution >= 0.6 is 0 Å². The fourth-order valence-corrected chi connectivity index (χ4v) is 1.68. The van der Waals surface area contributed by atoms with Gasteiger partial charge in [-0.05, 0) is 37.5 Å². The van der Waals surface area contributed by atoms with E-state index in [1.165, 1.54) is 0 Å². The zero-order valence-electron chi connectivity index (χ0n) is 14.1. The van der Waals surface area contributed by atoms with Crippen molar-refractivity contribution in [3.05, 3.63) is 23.9 Å². The van der Waals surface area contributed by atoms with E-state index in [1.54, 1.807) is 0 Å². The van der Waals surface area contributed by atoms with Crippen LogP contribution in [0.2, 0.25) is 0 Å². The minimum Gasteiger partial charge on any atom is -0.363 e. The summed E-state index contributed by atoms with van der Waals surface area (Å²) in [6.07, 6.45) is 1.83. The second kappa shape index (κ2) is 8.49. The smallest absolute Gasteiger partial charge is 0.191 e. The molecule has 0 amide bonds. The average molecular weight is 291 g/mol. The third-order valence-electron chi connectivity index (χ3n) is 3.40. The molecule has 21 heavy (non-hydrogen) atoms. The van der Waals surface area contributed by atoms with Crippen molar-refractivity contribution in [2.24, 2.45) is 10.9 Å². The Morgan fingerprint density at radius 3 is 2.62 bits per heavy atom. The van der Waals surface area contributed by atoms with Crippen LogP contribution in [-0.2, 0) is 6.54 Å². The Balaban J connectivity index is 2.75. The molecule has 0 bridgehead atoms. The van der Waals surface area contributed by atoms with Crippen molar-refractivity contribution >= 4 is 11.8 Å². The van der Waals surface area contributed by atoms with E-state index in [2.05, 4.69) is 54.4 Å². The van der Waals surface area contributed by atoms with Gasteiger partial charge in [0.1, 0.15) is 5.82 Å². The molecule has 0 aromatic carbocycles. The number of pyridine rings is 1. The van der Waals surface area contributed by atoms with E-state index in [9.17, 15) is 0 Å². The van der Waals surface area contributed by atoms with Crippen molar-refractivity contribution in [3.63, 3.8) is 0 Å². The molecule has 118 valence electrons. The summed E-state index contributed by atoms with van der Waals surface area (Å²) in [5.74, 6) is 2.38. The summed E-state index contributed by atoms with van der Waals surface area (Å²) in [4.78, 5) is 11.0. The molecule has 0 radical (unpaired) electrons. The molecule has 0 aliphatic rings. The van der Waals surface area contributed by atoms with Gasteiger partial charge in [0, 0.05) is 32.9 Å². The van der Waals surface area contributed by atoms with Gasteiger partial charge in [0.25, 0.3) is 0 Å². The number of anilines is 1. The molecular weight excluding hydrogens is 262 g/mol. The molecule has 1 heterocycles. The molecule has 0 saturated carbocycles. The summed E-state index contributed by atoms with van der Waals surface area (Å²) in [6, 6.07) is 4.46. The maximum atomic E-state index is 4.65. The highest BCUT2D eigenvalue weighted by Crippen LogP contribution is 2.10. The normalized spacial score (nSPS) is 13.2. The summed E-state index contributed by atoms with van der Waals surface area (Å²) in [5.41, 5.74) is 1.16. The largest absolute Gasteiger partial charge is 0.363 e. The van der Waals surface area contributed by atoms with Gasteiger partial charge in [-0.1, -0.05) is 13.8 Å². The van der Waals surface area contributed by atoms with E-state index in [0.29, 0.717) is 18.5 Å². The van der Waals surface area contributed by atoms with E-state index in [0.717, 1.165) is 23.9 Å². The zero-order valence-corrected chi connectivity index (χ0v) is 14.1. The van der Waals surface area contributed by atoms with Gasteiger partial charge in [-0.3, -0.25) is 0 Å². The van der Waals surface area contributed by atoms with E-state index in [4.69, 9.17) is 0 Å². The molecule has 2 N–H and O–H groups in total. The first kappa shape index (κ1) is 17.3. The Morgan fingerprint density at radius 1 is 1.33 bits per heavy atom. The zero-order chi connectivity index (χ0) is 15.8. The fourth-order valence-electron chi connectivity index (χ4n) is 1.68. The Hall–Kier alpha value is -1.78. The van der Waals surface area contributed by atoms with Crippen molar-refractivity contribution in [1.82, 2.24) is 15.6 Å². The van der Waals surface area contributed by atoms with Gasteiger partial charge < -0.3 is 15.5 Å². The maximum Gasteiger partial charge on any atom is 0.191 e. The van der Waals surface area contributed by atoms with Crippen LogP contribution in [0.3, 0.4) is 0 Å². The van der Waals surface area contributed by atoms with Crippen molar-refractivity contribution < 1.29 is 0 Å². The molecule has 1 unspecified atom stereocenters. The van der Waals surface area contributed by atoms with E-state index in [-0.39, 0.29) is 0 Å². The predicted molar refractivity (Wildman–Crippen MR) is 90.8 cm³/mol. The summed E-state index contributed by atoms with van der Waals surface area (Å²) >= 11 is 0. The monoisotopic (exact) mass is 291 g/mol. The molecule has 0 spiro atoms. The van der Waals surface area contributed by atoms with Gasteiger partial charge in [0.15, 0.2) is 5.96 Å². The predicted octanol–water partition coefficient (Wildman–Crippen LogP) is 2.25. The second-order valence-electron chi connectivity index (χ2n) is 5.79. The third kappa shape index (κ3) is 6.02. The first-order valence-corrected chi connectivity index (χ1v) is 7.61. The number of nitrogens with one attached hydrogen (secondary N) is 2. The maximum absolute atomic E-state index is 4.65. The third-order valence-corrected chi connectivity index (χ3v) is 3.40. The Morgan fingerprint density at radius 2 is 2.05 bits per heavy atom. The number of aromatic nitrogens is 1. The van der Waals surface area contributed by atoms with Crippen LogP contribution in [-0.4, -0.2) is 37.6 Å². The molecule has 0 fully saturated rings. The number of guanidine groups is 1. The van der Waals surface area contributed by atoms with Gasteiger partial charge in [0.2, 0.25) is 0 Å². The van der Waals surface area contributed by atoms with Crippen molar-refractivity contribution in [1.29, 1.82) is 0 Å². The lowest BCUT2D eigenvalue weighted by Crippen LogP contribution is -2.44. The summed E-state index contributed by atoms with van der Waals surface area (Å²) in [5, 5.41) is 6.73. The molecule has 1 aromatic rings. The van der Waals surface area contributed by atoms with Crippen LogP contribution in [0.1, 0.15) is 33.3 Å². The Kier molecular flexibility index (Phi) is 6.99. The van der Waals surface area contributed by atoms with E-state index >= 15 is 0 Å². The standard InChI is InChI=1S/C16H29N5/c1-7-17-16(20-13(4)12(2)3)19-11-14-8-9-18-15(10-14)21(5)6/h8-10,12-13H,7,11H2,1-6H3,(H2,17,19,20). The highest BCUT2D eigenvalue weighted by atomic mass is 15.2. The van der Waals surface area contributed by atoms with Gasteiger partial charge >= 0.3 is 0 Å². The van der Waals surface area contributed by atoms with Gasteiger partial charge in [0.05, 0.1) is 6.54 Å². The Bertz CT molecular complexity index is 454. The lowest BCUT2D eigenvalue weighted by atomic mass is 10.1. The molecular formula is C16H29N5. The van der Waals surface area contributed by atoms with Gasteiger partial charge in [-0.15, -0.1) is 0 Å². The SMILES string of the molecule is CCNC(=NCc1ccnc(N(C)C)c1)NC(C)C(C)C. The van der Waals surface area contributed by atoms with E-state index in [1.807, 2.05) is 31.3 Å². The highest BCUT2D eigenvalue weighted by Gasteiger charge is 2.08. The van der Waals surface area contributed by atoms with Crippen LogP contribution in [0.25, 0.3) is 0 Å². The molecule has 1 aromatic heterocycles. The van der Waals surface area contributed by atoms with Crippen molar-refractivity contribution in [2.75, 3.05) is 25.5 Å². The lowest BCUT2D eigenvalue weighted by molar-refractivity contribution is 0.481. The van der Waals surface area contributed by atoms with E-state index < -0.39 is 0 Å². The number of rotatable bonds is 6. The van der Waals surface area contributed by atoms with Crippen LogP contribution < -0.4 is 15.5 Å². The first-order valence-electron chi connectivity index (χ1n) is 7.61. The number of aliphatic imine (C=N–C) groups is 1. The summed E-state index contributed by atoms with van der Waals surface area (Å²) in [6.45, 7) is 10.2. The van der Waals surface area contributed by atoms with Crippen LogP contribution in [0.15, 0.2) is 23.3 Å². The average Bonchev–Trinajstić information content (AvgIpc) is 2.45.